The predicted octanol–water partition coefficient (Wildman–Crippen LogP) is 3.50. The lowest BCUT2D eigenvalue weighted by atomic mass is 9.67. The SMILES string of the molecule is O=c1c(Cl)c(NCC2(CCO)CCC2)cnn1-c1ccc(Cl)cc1. The molecule has 1 aliphatic carbocycles. The summed E-state index contributed by atoms with van der Waals surface area (Å²) in [4.78, 5) is 12.5. The summed E-state index contributed by atoms with van der Waals surface area (Å²) in [5.41, 5.74) is 0.849. The van der Waals surface area contributed by atoms with Crippen molar-refractivity contribution in [2.75, 3.05) is 18.5 Å². The van der Waals surface area contributed by atoms with Crippen LogP contribution in [0.1, 0.15) is 25.7 Å². The number of halogens is 2. The number of benzene rings is 1. The first-order valence-electron chi connectivity index (χ1n) is 7.93. The summed E-state index contributed by atoms with van der Waals surface area (Å²) in [7, 11) is 0. The van der Waals surface area contributed by atoms with Crippen LogP contribution in [0.15, 0.2) is 35.3 Å². The van der Waals surface area contributed by atoms with Crippen molar-refractivity contribution < 1.29 is 5.11 Å². The summed E-state index contributed by atoms with van der Waals surface area (Å²) in [5, 5.41) is 17.3. The van der Waals surface area contributed by atoms with Crippen molar-refractivity contribution in [1.29, 1.82) is 0 Å². The molecule has 2 N–H and O–H groups in total. The summed E-state index contributed by atoms with van der Waals surface area (Å²) in [6.07, 6.45) is 5.64. The van der Waals surface area contributed by atoms with Crippen LogP contribution in [-0.4, -0.2) is 28.0 Å². The number of aliphatic hydroxyl groups excluding tert-OH is 1. The Kier molecular flexibility index (Phi) is 5.13. The Bertz CT molecular complexity index is 770. The van der Waals surface area contributed by atoms with Gasteiger partial charge in [-0.2, -0.15) is 9.78 Å². The van der Waals surface area contributed by atoms with Crippen LogP contribution in [0.4, 0.5) is 5.69 Å². The van der Waals surface area contributed by atoms with Gasteiger partial charge in [0.1, 0.15) is 5.02 Å². The van der Waals surface area contributed by atoms with Crippen molar-refractivity contribution in [3.05, 3.63) is 50.9 Å². The zero-order valence-corrected chi connectivity index (χ0v) is 14.6. The van der Waals surface area contributed by atoms with E-state index in [-0.39, 0.29) is 22.6 Å². The van der Waals surface area contributed by atoms with Crippen molar-refractivity contribution in [2.45, 2.75) is 25.7 Å². The highest BCUT2D eigenvalue weighted by Gasteiger charge is 2.36. The lowest BCUT2D eigenvalue weighted by molar-refractivity contribution is 0.102. The van der Waals surface area contributed by atoms with Crippen LogP contribution in [0.2, 0.25) is 10.0 Å². The summed E-state index contributed by atoms with van der Waals surface area (Å²) in [6.45, 7) is 0.852. The molecule has 1 heterocycles. The van der Waals surface area contributed by atoms with Crippen LogP contribution in [0.5, 0.6) is 0 Å². The number of rotatable bonds is 6. The second-order valence-corrected chi connectivity index (χ2v) is 7.06. The molecule has 1 aromatic carbocycles. The highest BCUT2D eigenvalue weighted by atomic mass is 35.5. The van der Waals surface area contributed by atoms with Gasteiger partial charge in [0.25, 0.3) is 5.56 Å². The Morgan fingerprint density at radius 2 is 1.96 bits per heavy atom. The third-order valence-electron chi connectivity index (χ3n) is 4.70. The smallest absolute Gasteiger partial charge is 0.292 e. The van der Waals surface area contributed by atoms with E-state index in [2.05, 4.69) is 10.4 Å². The highest BCUT2D eigenvalue weighted by molar-refractivity contribution is 6.33. The van der Waals surface area contributed by atoms with Crippen LogP contribution < -0.4 is 10.9 Å². The van der Waals surface area contributed by atoms with Crippen LogP contribution in [0, 0.1) is 5.41 Å². The van der Waals surface area contributed by atoms with Gasteiger partial charge in [-0.3, -0.25) is 4.79 Å². The van der Waals surface area contributed by atoms with Gasteiger partial charge < -0.3 is 10.4 Å². The zero-order valence-electron chi connectivity index (χ0n) is 13.1. The van der Waals surface area contributed by atoms with Gasteiger partial charge >= 0.3 is 0 Å². The van der Waals surface area contributed by atoms with E-state index in [4.69, 9.17) is 23.2 Å². The molecule has 1 saturated carbocycles. The predicted molar refractivity (Wildman–Crippen MR) is 96.3 cm³/mol. The largest absolute Gasteiger partial charge is 0.396 e. The molecule has 24 heavy (non-hydrogen) atoms. The van der Waals surface area contributed by atoms with Gasteiger partial charge in [0.15, 0.2) is 0 Å². The van der Waals surface area contributed by atoms with Gasteiger partial charge in [-0.05, 0) is 48.9 Å². The molecule has 1 fully saturated rings. The molecule has 5 nitrogen and oxygen atoms in total. The highest BCUT2D eigenvalue weighted by Crippen LogP contribution is 2.43. The van der Waals surface area contributed by atoms with Crippen molar-refractivity contribution in [3.8, 4) is 5.69 Å². The lowest BCUT2D eigenvalue weighted by Crippen LogP contribution is -2.37. The van der Waals surface area contributed by atoms with E-state index in [0.717, 1.165) is 19.3 Å². The Morgan fingerprint density at radius 3 is 2.54 bits per heavy atom. The van der Waals surface area contributed by atoms with Crippen molar-refractivity contribution in [3.63, 3.8) is 0 Å². The second kappa shape index (κ2) is 7.13. The molecule has 0 bridgehead atoms. The molecule has 0 aliphatic heterocycles. The third-order valence-corrected chi connectivity index (χ3v) is 5.32. The second-order valence-electron chi connectivity index (χ2n) is 6.25. The summed E-state index contributed by atoms with van der Waals surface area (Å²) < 4.78 is 1.25. The van der Waals surface area contributed by atoms with Crippen LogP contribution >= 0.6 is 23.2 Å². The van der Waals surface area contributed by atoms with E-state index < -0.39 is 0 Å². The number of nitrogens with one attached hydrogen (secondary N) is 1. The minimum absolute atomic E-state index is 0.100. The van der Waals surface area contributed by atoms with E-state index in [9.17, 15) is 9.90 Å². The van der Waals surface area contributed by atoms with Crippen LogP contribution in [-0.2, 0) is 0 Å². The zero-order chi connectivity index (χ0) is 17.2. The molecule has 128 valence electrons. The minimum atomic E-state index is -0.381. The fourth-order valence-electron chi connectivity index (χ4n) is 3.03. The normalized spacial score (nSPS) is 15.8. The number of hydrogen-bond acceptors (Lipinski definition) is 4. The minimum Gasteiger partial charge on any atom is -0.396 e. The number of hydrogen-bond donors (Lipinski definition) is 2. The number of nitrogens with zero attached hydrogens (tertiary/aromatic N) is 2. The maximum atomic E-state index is 12.5. The van der Waals surface area contributed by atoms with Crippen molar-refractivity contribution in [1.82, 2.24) is 9.78 Å². The third kappa shape index (κ3) is 3.43. The summed E-state index contributed by atoms with van der Waals surface area (Å²) >= 11 is 12.1. The maximum Gasteiger partial charge on any atom is 0.292 e. The standard InChI is InChI=1S/C17H19Cl2N3O2/c18-12-2-4-13(5-3-12)22-16(24)15(19)14(10-21-22)20-11-17(8-9-23)6-1-7-17/h2-5,10,20,23H,1,6-9,11H2. The van der Waals surface area contributed by atoms with Gasteiger partial charge in [0.05, 0.1) is 17.6 Å². The molecule has 1 aliphatic rings. The Labute approximate surface area is 150 Å². The first-order valence-corrected chi connectivity index (χ1v) is 8.69. The van der Waals surface area contributed by atoms with Crippen LogP contribution in [0.25, 0.3) is 5.69 Å². The molecular formula is C17H19Cl2N3O2. The average Bonchev–Trinajstić information content (AvgIpc) is 2.54. The molecule has 0 unspecified atom stereocenters. The first kappa shape index (κ1) is 17.3. The fourth-order valence-corrected chi connectivity index (χ4v) is 3.36. The van der Waals surface area contributed by atoms with E-state index in [1.165, 1.54) is 11.1 Å². The fraction of sp³-hybridized carbons (Fsp3) is 0.412. The molecule has 3 rings (SSSR count). The average molecular weight is 368 g/mol. The van der Waals surface area contributed by atoms with Gasteiger partial charge in [0, 0.05) is 18.2 Å². The van der Waals surface area contributed by atoms with E-state index in [1.54, 1.807) is 30.5 Å². The molecule has 0 amide bonds. The van der Waals surface area contributed by atoms with E-state index in [0.29, 0.717) is 22.9 Å². The van der Waals surface area contributed by atoms with Gasteiger partial charge in [-0.25, -0.2) is 0 Å². The molecular weight excluding hydrogens is 349 g/mol. The number of aromatic nitrogens is 2. The summed E-state index contributed by atoms with van der Waals surface area (Å²) in [5.74, 6) is 0. The molecule has 0 radical (unpaired) electrons. The van der Waals surface area contributed by atoms with Crippen molar-refractivity contribution in [2.24, 2.45) is 5.41 Å². The maximum absolute atomic E-state index is 12.5. The van der Waals surface area contributed by atoms with Gasteiger partial charge in [-0.1, -0.05) is 29.6 Å². The van der Waals surface area contributed by atoms with Gasteiger partial charge in [0.2, 0.25) is 0 Å². The topological polar surface area (TPSA) is 67.2 Å². The lowest BCUT2D eigenvalue weighted by Gasteiger charge is -2.42. The summed E-state index contributed by atoms with van der Waals surface area (Å²) in [6, 6.07) is 6.82. The molecule has 1 aromatic heterocycles. The first-order chi connectivity index (χ1) is 11.5. The Morgan fingerprint density at radius 1 is 1.25 bits per heavy atom. The molecule has 7 heteroatoms. The molecule has 2 aromatic rings. The number of anilines is 1. The molecule has 0 atom stereocenters. The van der Waals surface area contributed by atoms with E-state index >= 15 is 0 Å². The van der Waals surface area contributed by atoms with E-state index in [1.807, 2.05) is 0 Å². The monoisotopic (exact) mass is 367 g/mol. The Hall–Kier alpha value is -1.56. The van der Waals surface area contributed by atoms with Crippen molar-refractivity contribution >= 4 is 28.9 Å². The Balaban J connectivity index is 1.80. The molecule has 0 saturated heterocycles. The van der Waals surface area contributed by atoms with Gasteiger partial charge in [-0.15, -0.1) is 0 Å². The van der Waals surface area contributed by atoms with Crippen LogP contribution in [0.3, 0.4) is 0 Å². The molecule has 0 spiro atoms. The quantitative estimate of drug-likeness (QED) is 0.819. The number of aliphatic hydroxyl groups is 1.